The number of aryl methyl sites for hydroxylation is 1. The van der Waals surface area contributed by atoms with Crippen LogP contribution in [0.5, 0.6) is 5.75 Å². The van der Waals surface area contributed by atoms with E-state index in [2.05, 4.69) is 19.9 Å². The molecule has 0 aliphatic carbocycles. The number of hydrogen-bond donors (Lipinski definition) is 2. The zero-order valence-electron chi connectivity index (χ0n) is 9.84. The van der Waals surface area contributed by atoms with Crippen molar-refractivity contribution in [1.82, 2.24) is 0 Å². The van der Waals surface area contributed by atoms with Gasteiger partial charge in [0.1, 0.15) is 11.4 Å². The molecule has 0 amide bonds. The summed E-state index contributed by atoms with van der Waals surface area (Å²) in [6.07, 6.45) is 2.59. The lowest BCUT2D eigenvalue weighted by molar-refractivity contribution is 0.0846. The predicted molar refractivity (Wildman–Crippen MR) is 65.1 cm³/mol. The highest BCUT2D eigenvalue weighted by Crippen LogP contribution is 2.33. The summed E-state index contributed by atoms with van der Waals surface area (Å²) < 4.78 is 5.89. The number of fused-ring (bicyclic) bond motifs is 1. The Kier molecular flexibility index (Phi) is 2.62. The largest absolute Gasteiger partial charge is 0.488 e. The standard InChI is InChI=1S/C13H18N2O/c1-13(2)6-5-10-7-9(8-12(14)15)3-4-11(10)16-13/h3-4,7H,5-6,8H2,1-2H3,(H3,14,15). The smallest absolute Gasteiger partial charge is 0.123 e. The Hall–Kier alpha value is -1.51. The van der Waals surface area contributed by atoms with Gasteiger partial charge in [-0.05, 0) is 43.9 Å². The molecule has 16 heavy (non-hydrogen) atoms. The van der Waals surface area contributed by atoms with Gasteiger partial charge in [0.05, 0.1) is 5.84 Å². The van der Waals surface area contributed by atoms with E-state index in [0.717, 1.165) is 24.2 Å². The van der Waals surface area contributed by atoms with E-state index >= 15 is 0 Å². The molecule has 2 rings (SSSR count). The van der Waals surface area contributed by atoms with Crippen molar-refractivity contribution in [2.75, 3.05) is 0 Å². The van der Waals surface area contributed by atoms with Gasteiger partial charge in [-0.15, -0.1) is 0 Å². The van der Waals surface area contributed by atoms with Gasteiger partial charge in [-0.25, -0.2) is 0 Å². The van der Waals surface area contributed by atoms with E-state index in [1.54, 1.807) is 0 Å². The molecule has 1 aliphatic rings. The molecule has 0 saturated heterocycles. The monoisotopic (exact) mass is 218 g/mol. The minimum atomic E-state index is -0.0604. The Morgan fingerprint density at radius 1 is 1.50 bits per heavy atom. The molecule has 0 radical (unpaired) electrons. The molecule has 0 unspecified atom stereocenters. The maximum Gasteiger partial charge on any atom is 0.123 e. The zero-order chi connectivity index (χ0) is 11.8. The first-order valence-electron chi connectivity index (χ1n) is 5.60. The van der Waals surface area contributed by atoms with Crippen LogP contribution in [0.25, 0.3) is 0 Å². The molecule has 0 fully saturated rings. The summed E-state index contributed by atoms with van der Waals surface area (Å²) in [6, 6.07) is 6.09. The number of rotatable bonds is 2. The van der Waals surface area contributed by atoms with Crippen LogP contribution in [0.4, 0.5) is 0 Å². The van der Waals surface area contributed by atoms with Crippen LogP contribution in [0, 0.1) is 5.41 Å². The summed E-state index contributed by atoms with van der Waals surface area (Å²) in [4.78, 5) is 0. The van der Waals surface area contributed by atoms with Gasteiger partial charge < -0.3 is 10.5 Å². The number of nitrogens with two attached hydrogens (primary N) is 1. The molecule has 0 saturated carbocycles. The molecule has 3 heteroatoms. The normalized spacial score (nSPS) is 17.4. The lowest BCUT2D eigenvalue weighted by Gasteiger charge is -2.32. The van der Waals surface area contributed by atoms with Crippen molar-refractivity contribution in [3.8, 4) is 5.75 Å². The van der Waals surface area contributed by atoms with Crippen molar-refractivity contribution < 1.29 is 4.74 Å². The van der Waals surface area contributed by atoms with E-state index in [1.807, 2.05) is 12.1 Å². The van der Waals surface area contributed by atoms with Crippen LogP contribution < -0.4 is 10.5 Å². The van der Waals surface area contributed by atoms with Crippen LogP contribution in [0.2, 0.25) is 0 Å². The third-order valence-corrected chi connectivity index (χ3v) is 2.90. The van der Waals surface area contributed by atoms with E-state index in [-0.39, 0.29) is 11.4 Å². The van der Waals surface area contributed by atoms with Gasteiger partial charge in [-0.3, -0.25) is 5.41 Å². The van der Waals surface area contributed by atoms with Crippen LogP contribution in [-0.2, 0) is 12.8 Å². The molecular formula is C13H18N2O. The molecule has 0 spiro atoms. The second kappa shape index (κ2) is 3.81. The molecule has 1 heterocycles. The van der Waals surface area contributed by atoms with Crippen molar-refractivity contribution in [2.45, 2.75) is 38.7 Å². The van der Waals surface area contributed by atoms with Gasteiger partial charge in [0, 0.05) is 6.42 Å². The Balaban J connectivity index is 2.24. The van der Waals surface area contributed by atoms with Gasteiger partial charge in [-0.1, -0.05) is 12.1 Å². The van der Waals surface area contributed by atoms with E-state index in [4.69, 9.17) is 15.9 Å². The quantitative estimate of drug-likeness (QED) is 0.591. The van der Waals surface area contributed by atoms with Gasteiger partial charge >= 0.3 is 0 Å². The highest BCUT2D eigenvalue weighted by molar-refractivity contribution is 5.79. The molecule has 1 aromatic carbocycles. The predicted octanol–water partition coefficient (Wildman–Crippen LogP) is 2.27. The third kappa shape index (κ3) is 2.35. The molecule has 86 valence electrons. The van der Waals surface area contributed by atoms with Gasteiger partial charge in [0.15, 0.2) is 0 Å². The van der Waals surface area contributed by atoms with E-state index in [1.165, 1.54) is 5.56 Å². The minimum Gasteiger partial charge on any atom is -0.488 e. The maximum atomic E-state index is 7.28. The summed E-state index contributed by atoms with van der Waals surface area (Å²) >= 11 is 0. The van der Waals surface area contributed by atoms with Crippen LogP contribution in [0.3, 0.4) is 0 Å². The summed E-state index contributed by atoms with van der Waals surface area (Å²) in [5.41, 5.74) is 7.66. The molecule has 0 bridgehead atoms. The molecule has 3 N–H and O–H groups in total. The Morgan fingerprint density at radius 3 is 2.94 bits per heavy atom. The molecule has 0 atom stereocenters. The Labute approximate surface area is 96.1 Å². The average molecular weight is 218 g/mol. The zero-order valence-corrected chi connectivity index (χ0v) is 9.84. The van der Waals surface area contributed by atoms with E-state index < -0.39 is 0 Å². The highest BCUT2D eigenvalue weighted by atomic mass is 16.5. The number of amidine groups is 1. The third-order valence-electron chi connectivity index (χ3n) is 2.90. The van der Waals surface area contributed by atoms with Crippen LogP contribution >= 0.6 is 0 Å². The lowest BCUT2D eigenvalue weighted by atomic mass is 9.93. The first kappa shape index (κ1) is 11.0. The number of benzene rings is 1. The lowest BCUT2D eigenvalue weighted by Crippen LogP contribution is -2.32. The molecule has 0 aromatic heterocycles. The van der Waals surface area contributed by atoms with Crippen LogP contribution in [0.15, 0.2) is 18.2 Å². The summed E-state index contributed by atoms with van der Waals surface area (Å²) in [6.45, 7) is 4.22. The van der Waals surface area contributed by atoms with Crippen molar-refractivity contribution in [1.29, 1.82) is 5.41 Å². The second-order valence-electron chi connectivity index (χ2n) is 5.01. The average Bonchev–Trinajstić information content (AvgIpc) is 2.16. The summed E-state index contributed by atoms with van der Waals surface area (Å²) in [5.74, 6) is 1.18. The molecular weight excluding hydrogens is 200 g/mol. The first-order chi connectivity index (χ1) is 7.46. The van der Waals surface area contributed by atoms with Gasteiger partial charge in [0.25, 0.3) is 0 Å². The number of ether oxygens (including phenoxy) is 1. The first-order valence-corrected chi connectivity index (χ1v) is 5.60. The minimum absolute atomic E-state index is 0.0604. The fourth-order valence-electron chi connectivity index (χ4n) is 2.04. The Bertz CT molecular complexity index is 424. The molecule has 3 nitrogen and oxygen atoms in total. The van der Waals surface area contributed by atoms with Crippen molar-refractivity contribution in [3.63, 3.8) is 0 Å². The maximum absolute atomic E-state index is 7.28. The second-order valence-corrected chi connectivity index (χ2v) is 5.01. The van der Waals surface area contributed by atoms with Gasteiger partial charge in [0.2, 0.25) is 0 Å². The number of nitrogens with one attached hydrogen (secondary N) is 1. The SMILES string of the molecule is CC1(C)CCc2cc(CC(=N)N)ccc2O1. The molecule has 1 aromatic rings. The van der Waals surface area contributed by atoms with Crippen LogP contribution in [-0.4, -0.2) is 11.4 Å². The summed E-state index contributed by atoms with van der Waals surface area (Å²) in [7, 11) is 0. The van der Waals surface area contributed by atoms with Crippen molar-refractivity contribution in [3.05, 3.63) is 29.3 Å². The summed E-state index contributed by atoms with van der Waals surface area (Å²) in [5, 5.41) is 7.28. The fraction of sp³-hybridized carbons (Fsp3) is 0.462. The Morgan fingerprint density at radius 2 is 2.25 bits per heavy atom. The van der Waals surface area contributed by atoms with Crippen molar-refractivity contribution >= 4 is 5.84 Å². The molecule has 1 aliphatic heterocycles. The van der Waals surface area contributed by atoms with Gasteiger partial charge in [-0.2, -0.15) is 0 Å². The van der Waals surface area contributed by atoms with E-state index in [0.29, 0.717) is 6.42 Å². The van der Waals surface area contributed by atoms with Crippen molar-refractivity contribution in [2.24, 2.45) is 5.73 Å². The van der Waals surface area contributed by atoms with Crippen LogP contribution in [0.1, 0.15) is 31.4 Å². The fourth-order valence-corrected chi connectivity index (χ4v) is 2.04. The highest BCUT2D eigenvalue weighted by Gasteiger charge is 2.26. The van der Waals surface area contributed by atoms with E-state index in [9.17, 15) is 0 Å². The topological polar surface area (TPSA) is 59.1 Å². The number of hydrogen-bond acceptors (Lipinski definition) is 2.